The van der Waals surface area contributed by atoms with Gasteiger partial charge in [-0.3, -0.25) is 4.79 Å². The van der Waals surface area contributed by atoms with Crippen LogP contribution in [-0.2, 0) is 6.42 Å². The Hall–Kier alpha value is -1.62. The quantitative estimate of drug-likeness (QED) is 0.574. The lowest BCUT2D eigenvalue weighted by molar-refractivity contribution is 0.0949. The number of rotatable bonds is 5. The molecule has 116 valence electrons. The van der Waals surface area contributed by atoms with Gasteiger partial charge in [0.15, 0.2) is 0 Å². The van der Waals surface area contributed by atoms with Gasteiger partial charge < -0.3 is 10.7 Å². The Morgan fingerprint density at radius 1 is 1.29 bits per heavy atom. The van der Waals surface area contributed by atoms with Crippen LogP contribution in [0.15, 0.2) is 12.1 Å². The zero-order chi connectivity index (χ0) is 15.8. The Balaban J connectivity index is 2.05. The molecule has 1 aliphatic rings. The molecule has 21 heavy (non-hydrogen) atoms. The molecule has 1 aliphatic carbocycles. The molecule has 5 heteroatoms. The largest absolute Gasteiger partial charge is 0.352 e. The fourth-order valence-corrected chi connectivity index (χ4v) is 3.11. The highest BCUT2D eigenvalue weighted by molar-refractivity contribution is 5.95. The average molecular weight is 290 g/mol. The molecule has 0 bridgehead atoms. The van der Waals surface area contributed by atoms with Gasteiger partial charge in [0.1, 0.15) is 5.82 Å². The molecular weight excluding hydrogens is 264 g/mol. The van der Waals surface area contributed by atoms with Crippen molar-refractivity contribution in [3.63, 3.8) is 0 Å². The molecule has 1 heterocycles. The Labute approximate surface area is 126 Å². The third kappa shape index (κ3) is 2.75. The number of hydrogen-bond acceptors (Lipinski definition) is 4. The van der Waals surface area contributed by atoms with E-state index in [4.69, 9.17) is 5.84 Å². The number of aryl methyl sites for hydroxylation is 1. The molecule has 1 aromatic heterocycles. The SMILES string of the molecule is CCc1cc(C(=O)NCC2C(C)(C)C2(C)C)cc(NN)n1. The van der Waals surface area contributed by atoms with Gasteiger partial charge in [0.2, 0.25) is 0 Å². The van der Waals surface area contributed by atoms with E-state index in [0.717, 1.165) is 12.1 Å². The molecule has 0 unspecified atom stereocenters. The maximum Gasteiger partial charge on any atom is 0.251 e. The van der Waals surface area contributed by atoms with E-state index in [-0.39, 0.29) is 16.7 Å². The second-order valence-electron chi connectivity index (χ2n) is 6.94. The van der Waals surface area contributed by atoms with Crippen molar-refractivity contribution in [2.75, 3.05) is 12.0 Å². The molecule has 0 radical (unpaired) electrons. The number of nitrogens with zero attached hydrogens (tertiary/aromatic N) is 1. The number of nitrogens with two attached hydrogens (primary N) is 1. The van der Waals surface area contributed by atoms with Crippen LogP contribution in [0.25, 0.3) is 0 Å². The second kappa shape index (κ2) is 5.30. The number of nitrogens with one attached hydrogen (secondary N) is 2. The average Bonchev–Trinajstić information content (AvgIpc) is 2.85. The number of nitrogen functional groups attached to an aromatic ring is 1. The number of aromatic nitrogens is 1. The maximum absolute atomic E-state index is 12.3. The first-order valence-electron chi connectivity index (χ1n) is 7.49. The Morgan fingerprint density at radius 2 is 1.90 bits per heavy atom. The minimum Gasteiger partial charge on any atom is -0.352 e. The highest BCUT2D eigenvalue weighted by Crippen LogP contribution is 2.67. The van der Waals surface area contributed by atoms with Gasteiger partial charge in [0.25, 0.3) is 5.91 Å². The third-order valence-corrected chi connectivity index (χ3v) is 5.44. The number of carbonyl (C=O) groups excluding carboxylic acids is 1. The molecule has 0 spiro atoms. The Morgan fingerprint density at radius 3 is 2.38 bits per heavy atom. The summed E-state index contributed by atoms with van der Waals surface area (Å²) in [5.41, 5.74) is 4.51. The van der Waals surface area contributed by atoms with Crippen molar-refractivity contribution in [1.29, 1.82) is 0 Å². The summed E-state index contributed by atoms with van der Waals surface area (Å²) in [5.74, 6) is 6.36. The first-order chi connectivity index (χ1) is 9.73. The smallest absolute Gasteiger partial charge is 0.251 e. The molecule has 1 aromatic rings. The van der Waals surface area contributed by atoms with Crippen molar-refractivity contribution in [2.45, 2.75) is 41.0 Å². The van der Waals surface area contributed by atoms with Crippen molar-refractivity contribution < 1.29 is 4.79 Å². The van der Waals surface area contributed by atoms with Gasteiger partial charge >= 0.3 is 0 Å². The Kier molecular flexibility index (Phi) is 3.97. The van der Waals surface area contributed by atoms with E-state index in [0.29, 0.717) is 23.8 Å². The molecule has 4 N–H and O–H groups in total. The van der Waals surface area contributed by atoms with Gasteiger partial charge in [0, 0.05) is 17.8 Å². The highest BCUT2D eigenvalue weighted by atomic mass is 16.1. The number of hydrazine groups is 1. The van der Waals surface area contributed by atoms with Crippen LogP contribution in [-0.4, -0.2) is 17.4 Å². The second-order valence-corrected chi connectivity index (χ2v) is 6.94. The first-order valence-corrected chi connectivity index (χ1v) is 7.49. The molecule has 0 aliphatic heterocycles. The van der Waals surface area contributed by atoms with Gasteiger partial charge in [-0.1, -0.05) is 34.6 Å². The number of hydrogen-bond donors (Lipinski definition) is 3. The van der Waals surface area contributed by atoms with E-state index in [1.165, 1.54) is 0 Å². The van der Waals surface area contributed by atoms with Crippen molar-refractivity contribution in [1.82, 2.24) is 10.3 Å². The topological polar surface area (TPSA) is 80.0 Å². The standard InChI is InChI=1S/C16H26N4O/c1-6-11-7-10(8-13(19-11)20-17)14(21)18-9-12-15(2,3)16(12,4)5/h7-8,12H,6,9,17H2,1-5H3,(H,18,21)(H,19,20). The van der Waals surface area contributed by atoms with Gasteiger partial charge in [-0.25, -0.2) is 10.8 Å². The predicted molar refractivity (Wildman–Crippen MR) is 84.8 cm³/mol. The minimum absolute atomic E-state index is 0.0675. The van der Waals surface area contributed by atoms with Crippen LogP contribution in [0.3, 0.4) is 0 Å². The summed E-state index contributed by atoms with van der Waals surface area (Å²) < 4.78 is 0. The minimum atomic E-state index is -0.0675. The summed E-state index contributed by atoms with van der Waals surface area (Å²) in [6.45, 7) is 11.7. The molecule has 0 atom stereocenters. The molecule has 0 aromatic carbocycles. The lowest BCUT2D eigenvalue weighted by atomic mass is 10.0. The van der Waals surface area contributed by atoms with Crippen LogP contribution in [0.1, 0.15) is 50.7 Å². The summed E-state index contributed by atoms with van der Waals surface area (Å²) in [5, 5.41) is 3.04. The van der Waals surface area contributed by atoms with Gasteiger partial charge in [-0.2, -0.15) is 0 Å². The van der Waals surface area contributed by atoms with Gasteiger partial charge in [-0.05, 0) is 35.3 Å². The van der Waals surface area contributed by atoms with Crippen LogP contribution >= 0.6 is 0 Å². The van der Waals surface area contributed by atoms with Gasteiger partial charge in [-0.15, -0.1) is 0 Å². The van der Waals surface area contributed by atoms with E-state index >= 15 is 0 Å². The summed E-state index contributed by atoms with van der Waals surface area (Å²) in [7, 11) is 0. The number of anilines is 1. The lowest BCUT2D eigenvalue weighted by Crippen LogP contribution is -2.27. The zero-order valence-electron chi connectivity index (χ0n) is 13.6. The normalized spacial score (nSPS) is 19.1. The molecule has 0 saturated heterocycles. The van der Waals surface area contributed by atoms with Crippen molar-refractivity contribution in [3.05, 3.63) is 23.4 Å². The van der Waals surface area contributed by atoms with Crippen molar-refractivity contribution >= 4 is 11.7 Å². The lowest BCUT2D eigenvalue weighted by Gasteiger charge is -2.09. The zero-order valence-corrected chi connectivity index (χ0v) is 13.6. The van der Waals surface area contributed by atoms with E-state index < -0.39 is 0 Å². The van der Waals surface area contributed by atoms with Crippen LogP contribution in [0.2, 0.25) is 0 Å². The van der Waals surface area contributed by atoms with Crippen molar-refractivity contribution in [3.8, 4) is 0 Å². The molecule has 5 nitrogen and oxygen atoms in total. The predicted octanol–water partition coefficient (Wildman–Crippen LogP) is 2.34. The van der Waals surface area contributed by atoms with E-state index in [1.807, 2.05) is 13.0 Å². The summed E-state index contributed by atoms with van der Waals surface area (Å²) in [4.78, 5) is 16.6. The van der Waals surface area contributed by atoms with Crippen LogP contribution in [0, 0.1) is 16.7 Å². The number of carbonyl (C=O) groups is 1. The van der Waals surface area contributed by atoms with Crippen molar-refractivity contribution in [2.24, 2.45) is 22.6 Å². The number of amides is 1. The molecular formula is C16H26N4O. The molecule has 1 amide bonds. The fourth-order valence-electron chi connectivity index (χ4n) is 3.11. The van der Waals surface area contributed by atoms with Crippen LogP contribution in [0.4, 0.5) is 5.82 Å². The molecule has 1 saturated carbocycles. The summed E-state index contributed by atoms with van der Waals surface area (Å²) in [6.07, 6.45) is 0.762. The monoisotopic (exact) mass is 290 g/mol. The summed E-state index contributed by atoms with van der Waals surface area (Å²) >= 11 is 0. The maximum atomic E-state index is 12.3. The molecule has 1 fully saturated rings. The Bertz CT molecular complexity index is 515. The fraction of sp³-hybridized carbons (Fsp3) is 0.625. The third-order valence-electron chi connectivity index (χ3n) is 5.44. The summed E-state index contributed by atoms with van der Waals surface area (Å²) in [6, 6.07) is 3.50. The first kappa shape index (κ1) is 15.8. The van der Waals surface area contributed by atoms with E-state index in [1.54, 1.807) is 6.07 Å². The van der Waals surface area contributed by atoms with Crippen LogP contribution < -0.4 is 16.6 Å². The molecule has 2 rings (SSSR count). The number of pyridine rings is 1. The highest BCUT2D eigenvalue weighted by Gasteiger charge is 2.64. The van der Waals surface area contributed by atoms with E-state index in [9.17, 15) is 4.79 Å². The van der Waals surface area contributed by atoms with E-state index in [2.05, 4.69) is 43.4 Å². The van der Waals surface area contributed by atoms with Gasteiger partial charge in [0.05, 0.1) is 0 Å². The van der Waals surface area contributed by atoms with Crippen LogP contribution in [0.5, 0.6) is 0 Å².